The molecule has 106 valence electrons. The first-order valence-electron chi connectivity index (χ1n) is 6.21. The van der Waals surface area contributed by atoms with Gasteiger partial charge >= 0.3 is 6.18 Å². The van der Waals surface area contributed by atoms with Gasteiger partial charge in [0.15, 0.2) is 0 Å². The number of nitrogens with one attached hydrogen (secondary N) is 1. The van der Waals surface area contributed by atoms with Crippen molar-refractivity contribution in [2.45, 2.75) is 38.3 Å². The molecule has 1 aliphatic rings. The average molecular weight is 292 g/mol. The number of aromatic nitrogens is 2. The van der Waals surface area contributed by atoms with Gasteiger partial charge in [0.25, 0.3) is 0 Å². The number of alkyl halides is 3. The summed E-state index contributed by atoms with van der Waals surface area (Å²) in [6.45, 7) is -1.24. The van der Waals surface area contributed by atoms with Gasteiger partial charge in [-0.1, -0.05) is 12.2 Å². The lowest BCUT2D eigenvalue weighted by Crippen LogP contribution is -2.18. The first kappa shape index (κ1) is 14.5. The van der Waals surface area contributed by atoms with Crippen LogP contribution in [0.2, 0.25) is 0 Å². The molecule has 19 heavy (non-hydrogen) atoms. The Bertz CT molecular complexity index is 499. The lowest BCUT2D eigenvalue weighted by Gasteiger charge is -2.16. The van der Waals surface area contributed by atoms with E-state index in [9.17, 15) is 13.2 Å². The van der Waals surface area contributed by atoms with Gasteiger partial charge in [0.2, 0.25) is 0 Å². The maximum atomic E-state index is 11.9. The van der Waals surface area contributed by atoms with Gasteiger partial charge in [-0.25, -0.2) is 4.98 Å². The normalized spacial score (nSPS) is 15.3. The minimum atomic E-state index is -4.28. The van der Waals surface area contributed by atoms with Gasteiger partial charge in [-0.3, -0.25) is 0 Å². The van der Waals surface area contributed by atoms with Crippen LogP contribution in [0.5, 0.6) is 0 Å². The summed E-state index contributed by atoms with van der Waals surface area (Å²) in [4.78, 5) is 7.38. The van der Waals surface area contributed by atoms with E-state index in [1.165, 1.54) is 0 Å². The van der Waals surface area contributed by atoms with E-state index in [-0.39, 0.29) is 6.61 Å². The number of nitrogens with zero attached hydrogens (tertiary/aromatic N) is 1. The fourth-order valence-corrected chi connectivity index (χ4v) is 2.48. The summed E-state index contributed by atoms with van der Waals surface area (Å²) in [5.74, 6) is 0.604. The highest BCUT2D eigenvalue weighted by atomic mass is 32.1. The van der Waals surface area contributed by atoms with Crippen LogP contribution in [-0.4, -0.2) is 29.4 Å². The summed E-state index contributed by atoms with van der Waals surface area (Å²) < 4.78 is 40.9. The van der Waals surface area contributed by atoms with Crippen molar-refractivity contribution in [2.24, 2.45) is 0 Å². The third-order valence-corrected chi connectivity index (χ3v) is 3.34. The van der Waals surface area contributed by atoms with Crippen LogP contribution in [0.4, 0.5) is 13.2 Å². The molecule has 0 radical (unpaired) electrons. The van der Waals surface area contributed by atoms with Crippen molar-refractivity contribution in [1.29, 1.82) is 0 Å². The summed E-state index contributed by atoms with van der Waals surface area (Å²) in [5, 5.41) is 0. The topological polar surface area (TPSA) is 37.9 Å². The molecule has 0 bridgehead atoms. The summed E-state index contributed by atoms with van der Waals surface area (Å²) >= 11 is 5.21. The minimum Gasteiger partial charge on any atom is -0.372 e. The monoisotopic (exact) mass is 292 g/mol. The van der Waals surface area contributed by atoms with Crippen molar-refractivity contribution in [1.82, 2.24) is 9.97 Å². The molecule has 0 spiro atoms. The Morgan fingerprint density at radius 2 is 2.00 bits per heavy atom. The Morgan fingerprint density at radius 3 is 2.74 bits per heavy atom. The van der Waals surface area contributed by atoms with Crippen LogP contribution in [0, 0.1) is 4.64 Å². The number of ether oxygens (including phenoxy) is 1. The zero-order valence-corrected chi connectivity index (χ0v) is 11.2. The van der Waals surface area contributed by atoms with E-state index in [0.29, 0.717) is 16.9 Å². The predicted molar refractivity (Wildman–Crippen MR) is 66.6 cm³/mol. The van der Waals surface area contributed by atoms with Crippen molar-refractivity contribution < 1.29 is 17.9 Å². The second-order valence-electron chi connectivity index (χ2n) is 4.57. The fourth-order valence-electron chi connectivity index (χ4n) is 2.15. The molecule has 0 unspecified atom stereocenters. The van der Waals surface area contributed by atoms with E-state index in [0.717, 1.165) is 36.9 Å². The Morgan fingerprint density at radius 1 is 1.26 bits per heavy atom. The Labute approximate surface area is 114 Å². The molecule has 0 fully saturated rings. The van der Waals surface area contributed by atoms with Crippen molar-refractivity contribution in [3.05, 3.63) is 21.7 Å². The number of fused-ring (bicyclic) bond motifs is 1. The molecule has 1 aromatic rings. The molecule has 0 amide bonds. The molecule has 1 heterocycles. The van der Waals surface area contributed by atoms with Crippen LogP contribution in [0.25, 0.3) is 0 Å². The van der Waals surface area contributed by atoms with Crippen LogP contribution >= 0.6 is 12.2 Å². The predicted octanol–water partition coefficient (Wildman–Crippen LogP) is 3.14. The number of aromatic amines is 1. The van der Waals surface area contributed by atoms with Gasteiger partial charge in [0.1, 0.15) is 17.1 Å². The molecule has 1 N–H and O–H groups in total. The minimum absolute atomic E-state index is 0.0173. The molecular weight excluding hydrogens is 277 g/mol. The number of H-pyrrole nitrogens is 1. The molecule has 0 saturated carbocycles. The maximum absolute atomic E-state index is 11.9. The van der Waals surface area contributed by atoms with Crippen LogP contribution in [0.3, 0.4) is 0 Å². The second kappa shape index (κ2) is 6.00. The number of halogens is 3. The first-order valence-corrected chi connectivity index (χ1v) is 6.62. The van der Waals surface area contributed by atoms with Crippen LogP contribution in [-0.2, 0) is 24.0 Å². The largest absolute Gasteiger partial charge is 0.411 e. The van der Waals surface area contributed by atoms with Crippen molar-refractivity contribution in [3.8, 4) is 0 Å². The highest BCUT2D eigenvalue weighted by molar-refractivity contribution is 7.71. The van der Waals surface area contributed by atoms with Crippen LogP contribution in [0.15, 0.2) is 0 Å². The maximum Gasteiger partial charge on any atom is 0.411 e. The molecule has 0 aromatic carbocycles. The smallest absolute Gasteiger partial charge is 0.372 e. The molecule has 2 rings (SSSR count). The molecule has 0 atom stereocenters. The summed E-state index contributed by atoms with van der Waals surface area (Å²) in [7, 11) is 0. The van der Waals surface area contributed by atoms with E-state index in [1.54, 1.807) is 0 Å². The average Bonchev–Trinajstić information content (AvgIpc) is 2.34. The second-order valence-corrected chi connectivity index (χ2v) is 4.96. The molecule has 0 saturated heterocycles. The highest BCUT2D eigenvalue weighted by Gasteiger charge is 2.27. The quantitative estimate of drug-likeness (QED) is 0.684. The van der Waals surface area contributed by atoms with Gasteiger partial charge < -0.3 is 9.72 Å². The van der Waals surface area contributed by atoms with Gasteiger partial charge in [-0.2, -0.15) is 13.2 Å². The van der Waals surface area contributed by atoms with E-state index in [4.69, 9.17) is 12.2 Å². The fraction of sp³-hybridized carbons (Fsp3) is 0.667. The van der Waals surface area contributed by atoms with Gasteiger partial charge in [-0.15, -0.1) is 0 Å². The molecule has 1 aromatic heterocycles. The lowest BCUT2D eigenvalue weighted by molar-refractivity contribution is -0.173. The van der Waals surface area contributed by atoms with Gasteiger partial charge in [-0.05, 0) is 25.7 Å². The van der Waals surface area contributed by atoms with Gasteiger partial charge in [0, 0.05) is 17.7 Å². The number of rotatable bonds is 4. The third kappa shape index (κ3) is 4.28. The van der Waals surface area contributed by atoms with Crippen molar-refractivity contribution in [2.75, 3.05) is 13.2 Å². The van der Waals surface area contributed by atoms with E-state index in [1.807, 2.05) is 0 Å². The number of hydrogen-bond donors (Lipinski definition) is 1. The zero-order chi connectivity index (χ0) is 13.9. The molecular formula is C12H15F3N2OS. The third-order valence-electron chi connectivity index (χ3n) is 3.01. The zero-order valence-electron chi connectivity index (χ0n) is 10.3. The van der Waals surface area contributed by atoms with Crippen molar-refractivity contribution >= 4 is 12.2 Å². The molecule has 0 aliphatic heterocycles. The van der Waals surface area contributed by atoms with E-state index in [2.05, 4.69) is 14.7 Å². The Hall–Kier alpha value is -0.950. The summed E-state index contributed by atoms with van der Waals surface area (Å²) in [5.41, 5.74) is 2.17. The number of hydrogen-bond acceptors (Lipinski definition) is 3. The van der Waals surface area contributed by atoms with Crippen molar-refractivity contribution in [3.63, 3.8) is 0 Å². The summed E-state index contributed by atoms with van der Waals surface area (Å²) in [6, 6.07) is 0. The van der Waals surface area contributed by atoms with E-state index < -0.39 is 12.8 Å². The van der Waals surface area contributed by atoms with Gasteiger partial charge in [0.05, 0.1) is 6.61 Å². The summed E-state index contributed by atoms with van der Waals surface area (Å²) in [6.07, 6.45) is 0.107. The molecule has 7 heteroatoms. The molecule has 3 nitrogen and oxygen atoms in total. The molecule has 1 aliphatic carbocycles. The Balaban J connectivity index is 1.94. The number of aryl methyl sites for hydroxylation is 1. The lowest BCUT2D eigenvalue weighted by atomic mass is 9.97. The SMILES string of the molecule is FC(F)(F)COCCc1nc(=S)c2c([nH]1)CCCC2. The van der Waals surface area contributed by atoms with E-state index >= 15 is 0 Å². The first-order chi connectivity index (χ1) is 8.96. The standard InChI is InChI=1S/C12H15F3N2OS/c13-12(14,15)7-18-6-5-10-16-9-4-2-1-3-8(9)11(19)17-10/h1-7H2,(H,16,17,19). The highest BCUT2D eigenvalue weighted by Crippen LogP contribution is 2.20. The van der Waals surface area contributed by atoms with Crippen LogP contribution < -0.4 is 0 Å². The van der Waals surface area contributed by atoms with Crippen LogP contribution in [0.1, 0.15) is 29.9 Å². The Kier molecular flexibility index (Phi) is 4.57.